The molecule has 0 fully saturated rings. The molecule has 0 aliphatic heterocycles. The summed E-state index contributed by atoms with van der Waals surface area (Å²) in [5.74, 6) is 0.394. The zero-order valence-electron chi connectivity index (χ0n) is 36.7. The number of rotatable bonds is 26. The van der Waals surface area contributed by atoms with Gasteiger partial charge in [-0.25, -0.2) is 8.42 Å². The van der Waals surface area contributed by atoms with E-state index in [1.54, 1.807) is 6.07 Å². The van der Waals surface area contributed by atoms with Gasteiger partial charge in [-0.2, -0.15) is 0 Å². The number of aromatic hydroxyl groups is 2. The van der Waals surface area contributed by atoms with Crippen molar-refractivity contribution in [3.63, 3.8) is 0 Å². The van der Waals surface area contributed by atoms with E-state index in [9.17, 15) is 18.6 Å². The molecule has 0 radical (unpaired) electrons. The number of unbranched alkanes of at least 4 members (excludes halogenated alkanes) is 4. The molecule has 3 aromatic rings. The smallest absolute Gasteiger partial charge is 0.229 e. The topological polar surface area (TPSA) is 120 Å². The zero-order valence-corrected chi connectivity index (χ0v) is 38.6. The van der Waals surface area contributed by atoms with E-state index in [0.29, 0.717) is 24.4 Å². The second kappa shape index (κ2) is 23.0. The van der Waals surface area contributed by atoms with Gasteiger partial charge in [0.05, 0.1) is 18.0 Å². The molecule has 3 aromatic carbocycles. The SMILES string of the molecule is CC(C)N(CCC(c1ccccc1)c1cc(CCCCOCCCCCCNCC(O[Si](C)(C)C(C)(C)C)c2ccc(O)c(NS(C)(=O)=O)c2)ccc1O)C(C)C. The van der Waals surface area contributed by atoms with Crippen molar-refractivity contribution in [1.82, 2.24) is 10.2 Å². The van der Waals surface area contributed by atoms with Crippen molar-refractivity contribution < 1.29 is 27.8 Å². The molecule has 3 rings (SSSR count). The van der Waals surface area contributed by atoms with Crippen LogP contribution in [0.4, 0.5) is 5.69 Å². The number of phenols is 2. The standard InChI is InChI=1S/C46H75N3O6SSi/c1-35(2)49(36(3)4)29-27-40(38-21-14-13-15-22-38)41-32-37(23-25-43(41)50)20-16-19-31-54-30-18-12-11-17-28-47-34-45(55-57(9,10)46(5,6)7)39-24-26-44(51)42(33-39)48-56(8,52)53/h13-15,21-26,32-33,35-36,40,45,47-48,50-51H,11-12,16-20,27-31,34H2,1-10H3. The van der Waals surface area contributed by atoms with E-state index in [4.69, 9.17) is 9.16 Å². The number of hydrogen-bond donors (Lipinski definition) is 4. The summed E-state index contributed by atoms with van der Waals surface area (Å²) < 4.78 is 39.0. The highest BCUT2D eigenvalue weighted by molar-refractivity contribution is 7.92. The number of nitrogens with one attached hydrogen (secondary N) is 2. The van der Waals surface area contributed by atoms with E-state index in [1.165, 1.54) is 17.2 Å². The lowest BCUT2D eigenvalue weighted by Gasteiger charge is -2.39. The summed E-state index contributed by atoms with van der Waals surface area (Å²) in [6, 6.07) is 22.7. The first-order valence-corrected chi connectivity index (χ1v) is 26.0. The maximum Gasteiger partial charge on any atom is 0.229 e. The molecule has 0 bridgehead atoms. The number of benzene rings is 3. The first kappa shape index (κ1) is 48.4. The second-order valence-corrected chi connectivity index (χ2v) is 24.3. The van der Waals surface area contributed by atoms with Crippen molar-refractivity contribution >= 4 is 24.0 Å². The van der Waals surface area contributed by atoms with Crippen LogP contribution in [0, 0.1) is 0 Å². The molecule has 0 saturated heterocycles. The molecule has 0 aromatic heterocycles. The van der Waals surface area contributed by atoms with Crippen LogP contribution in [0.25, 0.3) is 0 Å². The Morgan fingerprint density at radius 3 is 2.05 bits per heavy atom. The Hall–Kier alpha value is -2.93. The van der Waals surface area contributed by atoms with Crippen molar-refractivity contribution in [2.45, 2.75) is 142 Å². The Morgan fingerprint density at radius 2 is 1.42 bits per heavy atom. The highest BCUT2D eigenvalue weighted by Gasteiger charge is 2.39. The fourth-order valence-electron chi connectivity index (χ4n) is 7.09. The Balaban J connectivity index is 1.40. The normalized spacial score (nSPS) is 13.8. The maximum absolute atomic E-state index is 11.9. The fraction of sp³-hybridized carbons (Fsp3) is 0.609. The maximum atomic E-state index is 11.9. The number of nitrogens with zero attached hydrogens (tertiary/aromatic N) is 1. The number of hydrogen-bond acceptors (Lipinski definition) is 8. The van der Waals surface area contributed by atoms with Gasteiger partial charge in [-0.3, -0.25) is 9.62 Å². The first-order chi connectivity index (χ1) is 26.8. The molecule has 0 aliphatic rings. The van der Waals surface area contributed by atoms with Gasteiger partial charge in [0.2, 0.25) is 10.0 Å². The van der Waals surface area contributed by atoms with Crippen LogP contribution in [0.2, 0.25) is 18.1 Å². The molecule has 0 saturated carbocycles. The quantitative estimate of drug-likeness (QED) is 0.0359. The number of ether oxygens (including phenoxy) is 1. The molecule has 2 unspecified atom stereocenters. The molecule has 2 atom stereocenters. The van der Waals surface area contributed by atoms with Crippen LogP contribution < -0.4 is 10.0 Å². The van der Waals surface area contributed by atoms with E-state index in [1.807, 2.05) is 12.1 Å². The van der Waals surface area contributed by atoms with E-state index >= 15 is 0 Å². The zero-order chi connectivity index (χ0) is 42.2. The molecule has 0 spiro atoms. The van der Waals surface area contributed by atoms with Crippen molar-refractivity contribution in [1.29, 1.82) is 0 Å². The minimum absolute atomic E-state index is 0.00484. The van der Waals surface area contributed by atoms with Gasteiger partial charge >= 0.3 is 0 Å². The summed E-state index contributed by atoms with van der Waals surface area (Å²) in [4.78, 5) is 2.53. The molecule has 9 nitrogen and oxygen atoms in total. The third-order valence-corrected chi connectivity index (χ3v) is 16.4. The van der Waals surface area contributed by atoms with Crippen molar-refractivity contribution in [3.8, 4) is 11.5 Å². The third kappa shape index (κ3) is 16.7. The molecule has 0 amide bonds. The summed E-state index contributed by atoms with van der Waals surface area (Å²) in [7, 11) is -5.69. The van der Waals surface area contributed by atoms with Gasteiger partial charge in [0, 0.05) is 43.3 Å². The Bertz CT molecular complexity index is 1720. The largest absolute Gasteiger partial charge is 0.508 e. The van der Waals surface area contributed by atoms with E-state index in [2.05, 4.69) is 119 Å². The van der Waals surface area contributed by atoms with Crippen LogP contribution >= 0.6 is 0 Å². The van der Waals surface area contributed by atoms with Gasteiger partial charge in [-0.15, -0.1) is 0 Å². The van der Waals surface area contributed by atoms with Crippen LogP contribution in [0.3, 0.4) is 0 Å². The van der Waals surface area contributed by atoms with Crippen molar-refractivity contribution in [2.24, 2.45) is 0 Å². The van der Waals surface area contributed by atoms with Crippen LogP contribution in [0.1, 0.15) is 128 Å². The van der Waals surface area contributed by atoms with Crippen LogP contribution in [0.5, 0.6) is 11.5 Å². The lowest BCUT2D eigenvalue weighted by Crippen LogP contribution is -2.43. The molecule has 320 valence electrons. The minimum Gasteiger partial charge on any atom is -0.508 e. The average molecular weight is 826 g/mol. The molecule has 57 heavy (non-hydrogen) atoms. The number of anilines is 1. The predicted molar refractivity (Wildman–Crippen MR) is 241 cm³/mol. The lowest BCUT2D eigenvalue weighted by atomic mass is 9.86. The van der Waals surface area contributed by atoms with Crippen LogP contribution in [-0.2, 0) is 25.6 Å². The molecule has 0 heterocycles. The van der Waals surface area contributed by atoms with Crippen molar-refractivity contribution in [2.75, 3.05) is 43.8 Å². The summed E-state index contributed by atoms with van der Waals surface area (Å²) in [6.07, 6.45) is 9.03. The Morgan fingerprint density at radius 1 is 0.789 bits per heavy atom. The predicted octanol–water partition coefficient (Wildman–Crippen LogP) is 10.4. The summed E-state index contributed by atoms with van der Waals surface area (Å²) in [6.45, 7) is 24.0. The molecule has 0 aliphatic carbocycles. The second-order valence-electron chi connectivity index (χ2n) is 17.8. The van der Waals surface area contributed by atoms with E-state index in [0.717, 1.165) is 95.1 Å². The fourth-order valence-corrected chi connectivity index (χ4v) is 8.94. The highest BCUT2D eigenvalue weighted by Crippen LogP contribution is 2.41. The molecular weight excluding hydrogens is 751 g/mol. The molecule has 4 N–H and O–H groups in total. The Kier molecular flexibility index (Phi) is 19.6. The van der Waals surface area contributed by atoms with Gasteiger partial charge in [-0.1, -0.05) is 82.1 Å². The summed E-state index contributed by atoms with van der Waals surface area (Å²) in [5.41, 5.74) is 4.51. The highest BCUT2D eigenvalue weighted by atomic mass is 32.2. The van der Waals surface area contributed by atoms with Crippen LogP contribution in [-0.4, -0.2) is 83.0 Å². The number of phenolic OH excluding ortho intramolecular Hbond substituents is 2. The number of sulfonamides is 1. The van der Waals surface area contributed by atoms with Crippen molar-refractivity contribution in [3.05, 3.63) is 89.0 Å². The van der Waals surface area contributed by atoms with Gasteiger partial charge < -0.3 is 24.7 Å². The average Bonchev–Trinajstić information content (AvgIpc) is 3.12. The number of aryl methyl sites for hydroxylation is 1. The summed E-state index contributed by atoms with van der Waals surface area (Å²) in [5, 5.41) is 24.9. The van der Waals surface area contributed by atoms with Crippen LogP contribution in [0.15, 0.2) is 66.7 Å². The third-order valence-electron chi connectivity index (χ3n) is 11.3. The molecule has 11 heteroatoms. The lowest BCUT2D eigenvalue weighted by molar-refractivity contribution is 0.126. The Labute approximate surface area is 347 Å². The van der Waals surface area contributed by atoms with E-state index in [-0.39, 0.29) is 28.5 Å². The molecular formula is C46H75N3O6SSi. The van der Waals surface area contributed by atoms with Gasteiger partial charge in [0.25, 0.3) is 0 Å². The monoisotopic (exact) mass is 826 g/mol. The van der Waals surface area contributed by atoms with Gasteiger partial charge in [0.1, 0.15) is 11.5 Å². The summed E-state index contributed by atoms with van der Waals surface area (Å²) >= 11 is 0. The van der Waals surface area contributed by atoms with E-state index < -0.39 is 18.3 Å². The minimum atomic E-state index is -3.55. The first-order valence-electron chi connectivity index (χ1n) is 21.2. The van der Waals surface area contributed by atoms with Gasteiger partial charge in [-0.05, 0) is 132 Å². The van der Waals surface area contributed by atoms with Gasteiger partial charge in [0.15, 0.2) is 8.32 Å².